The number of guanidine groups is 1. The summed E-state index contributed by atoms with van der Waals surface area (Å²) in [4.78, 5) is 4.61. The predicted octanol–water partition coefficient (Wildman–Crippen LogP) is 2.61. The molecule has 5 heteroatoms. The van der Waals surface area contributed by atoms with E-state index in [-0.39, 0.29) is 0 Å². The van der Waals surface area contributed by atoms with E-state index in [1.54, 1.807) is 14.2 Å². The smallest absolute Gasteiger partial charge is 0.191 e. The molecular formula is C18H31N3O2. The third-order valence-corrected chi connectivity index (χ3v) is 3.50. The van der Waals surface area contributed by atoms with E-state index in [4.69, 9.17) is 9.47 Å². The molecule has 0 aliphatic carbocycles. The van der Waals surface area contributed by atoms with E-state index >= 15 is 0 Å². The largest absolute Gasteiger partial charge is 0.496 e. The molecule has 1 aromatic rings. The summed E-state index contributed by atoms with van der Waals surface area (Å²) in [7, 11) is 3.45. The van der Waals surface area contributed by atoms with Gasteiger partial charge in [0.25, 0.3) is 0 Å². The molecule has 0 radical (unpaired) electrons. The van der Waals surface area contributed by atoms with Gasteiger partial charge >= 0.3 is 0 Å². The van der Waals surface area contributed by atoms with Crippen molar-refractivity contribution < 1.29 is 9.47 Å². The molecule has 0 bridgehead atoms. The van der Waals surface area contributed by atoms with E-state index in [9.17, 15) is 0 Å². The number of nitrogens with zero attached hydrogens (tertiary/aromatic N) is 1. The summed E-state index contributed by atoms with van der Waals surface area (Å²) in [5.74, 6) is 1.82. The minimum Gasteiger partial charge on any atom is -0.496 e. The first-order valence-electron chi connectivity index (χ1n) is 8.44. The average molecular weight is 321 g/mol. The zero-order valence-corrected chi connectivity index (χ0v) is 14.7. The lowest BCUT2D eigenvalue weighted by Gasteiger charge is -2.12. The molecule has 130 valence electrons. The minimum atomic E-state index is 0.829. The Hall–Kier alpha value is -1.75. The van der Waals surface area contributed by atoms with Crippen LogP contribution in [0.4, 0.5) is 0 Å². The Labute approximate surface area is 140 Å². The molecule has 0 unspecified atom stereocenters. The highest BCUT2D eigenvalue weighted by Gasteiger charge is 2.02. The van der Waals surface area contributed by atoms with Crippen molar-refractivity contribution in [1.82, 2.24) is 10.6 Å². The zero-order valence-electron chi connectivity index (χ0n) is 14.7. The van der Waals surface area contributed by atoms with Gasteiger partial charge in [-0.15, -0.1) is 0 Å². The molecule has 0 atom stereocenters. The van der Waals surface area contributed by atoms with Crippen LogP contribution in [0, 0.1) is 0 Å². The van der Waals surface area contributed by atoms with E-state index in [0.29, 0.717) is 0 Å². The van der Waals surface area contributed by atoms with E-state index in [0.717, 1.165) is 63.6 Å². The number of unbranched alkanes of at least 4 members (excludes halogenated alkanes) is 2. The fourth-order valence-electron chi connectivity index (χ4n) is 2.29. The summed E-state index contributed by atoms with van der Waals surface area (Å²) in [5.41, 5.74) is 1.21. The molecule has 0 aromatic heterocycles. The summed E-state index contributed by atoms with van der Waals surface area (Å²) in [5, 5.41) is 6.66. The van der Waals surface area contributed by atoms with Crippen LogP contribution in [0.15, 0.2) is 29.3 Å². The number of methoxy groups -OCH3 is 2. The van der Waals surface area contributed by atoms with Gasteiger partial charge in [0.1, 0.15) is 5.75 Å². The van der Waals surface area contributed by atoms with Gasteiger partial charge in [-0.1, -0.05) is 18.2 Å². The SMILES string of the molecule is CCNC(=NCCCCCOC)NCCc1ccccc1OC. The molecule has 1 rings (SSSR count). The van der Waals surface area contributed by atoms with E-state index in [1.807, 2.05) is 18.2 Å². The fraction of sp³-hybridized carbons (Fsp3) is 0.611. The maximum absolute atomic E-state index is 5.38. The molecule has 0 aliphatic heterocycles. The van der Waals surface area contributed by atoms with E-state index < -0.39 is 0 Å². The third kappa shape index (κ3) is 8.45. The van der Waals surface area contributed by atoms with Crippen LogP contribution in [0.5, 0.6) is 5.75 Å². The topological polar surface area (TPSA) is 54.9 Å². The van der Waals surface area contributed by atoms with Crippen LogP contribution in [-0.4, -0.2) is 46.4 Å². The molecule has 23 heavy (non-hydrogen) atoms. The Bertz CT molecular complexity index is 450. The van der Waals surface area contributed by atoms with Gasteiger partial charge in [-0.3, -0.25) is 4.99 Å². The van der Waals surface area contributed by atoms with Gasteiger partial charge in [-0.05, 0) is 44.2 Å². The first-order valence-corrected chi connectivity index (χ1v) is 8.44. The molecular weight excluding hydrogens is 290 g/mol. The van der Waals surface area contributed by atoms with Gasteiger partial charge in [0.2, 0.25) is 0 Å². The van der Waals surface area contributed by atoms with Crippen molar-refractivity contribution in [3.8, 4) is 5.75 Å². The van der Waals surface area contributed by atoms with E-state index in [1.165, 1.54) is 5.56 Å². The second-order valence-corrected chi connectivity index (χ2v) is 5.30. The van der Waals surface area contributed by atoms with Gasteiger partial charge in [0.15, 0.2) is 5.96 Å². The molecule has 0 aliphatic rings. The Morgan fingerprint density at radius 3 is 2.65 bits per heavy atom. The number of rotatable bonds is 11. The van der Waals surface area contributed by atoms with Crippen molar-refractivity contribution in [2.75, 3.05) is 40.5 Å². The molecule has 2 N–H and O–H groups in total. The normalized spacial score (nSPS) is 11.3. The first kappa shape index (κ1) is 19.3. The van der Waals surface area contributed by atoms with Crippen molar-refractivity contribution in [3.63, 3.8) is 0 Å². The minimum absolute atomic E-state index is 0.829. The quantitative estimate of drug-likeness (QED) is 0.374. The van der Waals surface area contributed by atoms with Crippen LogP contribution in [0.25, 0.3) is 0 Å². The summed E-state index contributed by atoms with van der Waals surface area (Å²) < 4.78 is 10.4. The van der Waals surface area contributed by atoms with Crippen LogP contribution in [0.2, 0.25) is 0 Å². The summed E-state index contributed by atoms with van der Waals surface area (Å²) in [6, 6.07) is 8.12. The van der Waals surface area contributed by atoms with Gasteiger partial charge in [0, 0.05) is 33.4 Å². The van der Waals surface area contributed by atoms with Gasteiger partial charge in [0.05, 0.1) is 7.11 Å². The van der Waals surface area contributed by atoms with Crippen molar-refractivity contribution >= 4 is 5.96 Å². The number of aliphatic imine (C=N–C) groups is 1. The second kappa shape index (κ2) is 12.8. The lowest BCUT2D eigenvalue weighted by Crippen LogP contribution is -2.38. The summed E-state index contributed by atoms with van der Waals surface area (Å²) in [6.45, 7) is 5.45. The van der Waals surface area contributed by atoms with Gasteiger partial charge < -0.3 is 20.1 Å². The standard InChI is InChI=1S/C18H31N3O2/c1-4-19-18(20-13-8-5-9-15-22-2)21-14-12-16-10-6-7-11-17(16)23-3/h6-7,10-11H,4-5,8-9,12-15H2,1-3H3,(H2,19,20,21). The maximum Gasteiger partial charge on any atom is 0.191 e. The van der Waals surface area contributed by atoms with Crippen LogP contribution >= 0.6 is 0 Å². The summed E-state index contributed by atoms with van der Waals surface area (Å²) in [6.07, 6.45) is 4.25. The zero-order chi connectivity index (χ0) is 16.8. The Kier molecular flexibility index (Phi) is 10.7. The number of nitrogens with one attached hydrogen (secondary N) is 2. The number of hydrogen-bond acceptors (Lipinski definition) is 3. The molecule has 0 saturated heterocycles. The number of benzene rings is 1. The van der Waals surface area contributed by atoms with Crippen LogP contribution in [-0.2, 0) is 11.2 Å². The predicted molar refractivity (Wildman–Crippen MR) is 96.4 cm³/mol. The van der Waals surface area contributed by atoms with Crippen molar-refractivity contribution in [1.29, 1.82) is 0 Å². The number of hydrogen-bond donors (Lipinski definition) is 2. The monoisotopic (exact) mass is 321 g/mol. The van der Waals surface area contributed by atoms with Crippen molar-refractivity contribution in [2.45, 2.75) is 32.6 Å². The van der Waals surface area contributed by atoms with E-state index in [2.05, 4.69) is 28.6 Å². The molecule has 5 nitrogen and oxygen atoms in total. The van der Waals surface area contributed by atoms with Crippen molar-refractivity contribution in [2.24, 2.45) is 4.99 Å². The molecule has 1 aromatic carbocycles. The fourth-order valence-corrected chi connectivity index (χ4v) is 2.29. The van der Waals surface area contributed by atoms with Gasteiger partial charge in [-0.25, -0.2) is 0 Å². The van der Waals surface area contributed by atoms with Crippen LogP contribution < -0.4 is 15.4 Å². The molecule has 0 heterocycles. The molecule has 0 fully saturated rings. The first-order chi connectivity index (χ1) is 11.3. The third-order valence-electron chi connectivity index (χ3n) is 3.50. The molecule has 0 amide bonds. The lowest BCUT2D eigenvalue weighted by molar-refractivity contribution is 0.192. The maximum atomic E-state index is 5.38. The Morgan fingerprint density at radius 2 is 1.91 bits per heavy atom. The second-order valence-electron chi connectivity index (χ2n) is 5.30. The van der Waals surface area contributed by atoms with Crippen LogP contribution in [0.3, 0.4) is 0 Å². The summed E-state index contributed by atoms with van der Waals surface area (Å²) >= 11 is 0. The number of para-hydroxylation sites is 1. The Balaban J connectivity index is 2.34. The highest BCUT2D eigenvalue weighted by atomic mass is 16.5. The number of ether oxygens (including phenoxy) is 2. The molecule has 0 spiro atoms. The van der Waals surface area contributed by atoms with Crippen LogP contribution in [0.1, 0.15) is 31.7 Å². The highest BCUT2D eigenvalue weighted by molar-refractivity contribution is 5.79. The van der Waals surface area contributed by atoms with Gasteiger partial charge in [-0.2, -0.15) is 0 Å². The average Bonchev–Trinajstić information content (AvgIpc) is 2.58. The highest BCUT2D eigenvalue weighted by Crippen LogP contribution is 2.17. The Morgan fingerprint density at radius 1 is 1.09 bits per heavy atom. The lowest BCUT2D eigenvalue weighted by atomic mass is 10.1. The molecule has 0 saturated carbocycles. The van der Waals surface area contributed by atoms with Crippen molar-refractivity contribution in [3.05, 3.63) is 29.8 Å².